The van der Waals surface area contributed by atoms with Crippen LogP contribution in [0.15, 0.2) is 59.5 Å². The summed E-state index contributed by atoms with van der Waals surface area (Å²) in [6, 6.07) is 16.3. The van der Waals surface area contributed by atoms with Gasteiger partial charge in [0.15, 0.2) is 0 Å². The van der Waals surface area contributed by atoms with E-state index in [1.807, 2.05) is 30.3 Å². The molecule has 0 aliphatic carbocycles. The van der Waals surface area contributed by atoms with Crippen molar-refractivity contribution in [3.63, 3.8) is 0 Å². The van der Waals surface area contributed by atoms with Gasteiger partial charge in [-0.1, -0.05) is 29.8 Å². The predicted molar refractivity (Wildman–Crippen MR) is 93.5 cm³/mol. The summed E-state index contributed by atoms with van der Waals surface area (Å²) < 4.78 is 17.5. The number of para-hydroxylation sites is 1. The number of aliphatic hydroxyl groups is 1. The van der Waals surface area contributed by atoms with Crippen molar-refractivity contribution in [3.05, 3.63) is 59.6 Å². The van der Waals surface area contributed by atoms with Crippen molar-refractivity contribution >= 4 is 22.4 Å². The van der Waals surface area contributed by atoms with Crippen molar-refractivity contribution in [2.24, 2.45) is 0 Å². The molecule has 0 spiro atoms. The van der Waals surface area contributed by atoms with E-state index in [1.54, 1.807) is 24.3 Å². The summed E-state index contributed by atoms with van der Waals surface area (Å²) in [4.78, 5) is 0.754. The Morgan fingerprint density at radius 3 is 2.52 bits per heavy atom. The smallest absolute Gasteiger partial charge is 0.119 e. The summed E-state index contributed by atoms with van der Waals surface area (Å²) in [5.41, 5.74) is 0. The van der Waals surface area contributed by atoms with Gasteiger partial charge in [-0.2, -0.15) is 0 Å². The third kappa shape index (κ3) is 6.71. The zero-order valence-corrected chi connectivity index (χ0v) is 14.2. The lowest BCUT2D eigenvalue weighted by molar-refractivity contribution is 0.107. The third-order valence-corrected chi connectivity index (χ3v) is 4.73. The molecular formula is C17H20ClNO3S. The minimum absolute atomic E-state index is 0.220. The summed E-state index contributed by atoms with van der Waals surface area (Å²) in [7, 11) is -1.07. The van der Waals surface area contributed by atoms with Crippen LogP contribution in [0.25, 0.3) is 0 Å². The summed E-state index contributed by atoms with van der Waals surface area (Å²) in [6.07, 6.45) is -0.612. The first-order valence-corrected chi connectivity index (χ1v) is 9.05. The molecule has 0 fully saturated rings. The highest BCUT2D eigenvalue weighted by Gasteiger charge is 2.07. The maximum absolute atomic E-state index is 12.1. The summed E-state index contributed by atoms with van der Waals surface area (Å²) in [5, 5.41) is 13.6. The Hall–Kier alpha value is -1.40. The van der Waals surface area contributed by atoms with Crippen LogP contribution in [-0.2, 0) is 10.8 Å². The fraction of sp³-hybridized carbons (Fsp3) is 0.294. The molecule has 2 N–H and O–H groups in total. The molecule has 0 radical (unpaired) electrons. The molecule has 0 aliphatic heterocycles. The standard InChI is InChI=1S/C17H20ClNO3S/c18-14-6-8-17(9-7-14)23(21)11-10-19-12-15(20)13-22-16-4-2-1-3-5-16/h1-9,15,19-20H,10-13H2/t15-,23-/m0/s1. The molecule has 23 heavy (non-hydrogen) atoms. The van der Waals surface area contributed by atoms with Gasteiger partial charge in [-0.25, -0.2) is 0 Å². The van der Waals surface area contributed by atoms with Gasteiger partial charge in [-0.15, -0.1) is 0 Å². The van der Waals surface area contributed by atoms with Crippen molar-refractivity contribution in [3.8, 4) is 5.75 Å². The molecule has 124 valence electrons. The first-order chi connectivity index (χ1) is 11.1. The number of benzene rings is 2. The maximum Gasteiger partial charge on any atom is 0.119 e. The van der Waals surface area contributed by atoms with Crippen LogP contribution in [0.4, 0.5) is 0 Å². The lowest BCUT2D eigenvalue weighted by atomic mass is 10.3. The monoisotopic (exact) mass is 353 g/mol. The minimum atomic E-state index is -1.07. The van der Waals surface area contributed by atoms with Crippen LogP contribution in [0.2, 0.25) is 5.02 Å². The van der Waals surface area contributed by atoms with Crippen molar-refractivity contribution in [1.29, 1.82) is 0 Å². The maximum atomic E-state index is 12.1. The Kier molecular flexibility index (Phi) is 7.55. The molecule has 0 saturated heterocycles. The van der Waals surface area contributed by atoms with Crippen LogP contribution >= 0.6 is 11.6 Å². The normalized spacial score (nSPS) is 13.5. The fourth-order valence-corrected chi connectivity index (χ4v) is 3.04. The van der Waals surface area contributed by atoms with E-state index in [0.717, 1.165) is 10.6 Å². The van der Waals surface area contributed by atoms with Crippen LogP contribution in [0.3, 0.4) is 0 Å². The zero-order chi connectivity index (χ0) is 16.5. The highest BCUT2D eigenvalue weighted by atomic mass is 35.5. The van der Waals surface area contributed by atoms with Gasteiger partial charge < -0.3 is 15.2 Å². The quantitative estimate of drug-likeness (QED) is 0.680. The molecule has 2 atom stereocenters. The van der Waals surface area contributed by atoms with Crippen LogP contribution in [-0.4, -0.2) is 40.9 Å². The molecule has 0 aromatic heterocycles. The van der Waals surface area contributed by atoms with E-state index in [9.17, 15) is 9.32 Å². The second-order valence-electron chi connectivity index (χ2n) is 4.99. The van der Waals surface area contributed by atoms with Crippen molar-refractivity contribution < 1.29 is 14.1 Å². The SMILES string of the molecule is O=[S@@](CCNC[C@H](O)COc1ccccc1)c1ccc(Cl)cc1. The van der Waals surface area contributed by atoms with Gasteiger partial charge in [0, 0.05) is 28.8 Å². The van der Waals surface area contributed by atoms with Crippen LogP contribution in [0.5, 0.6) is 5.75 Å². The average Bonchev–Trinajstić information content (AvgIpc) is 2.58. The first-order valence-electron chi connectivity index (χ1n) is 7.36. The van der Waals surface area contributed by atoms with Gasteiger partial charge in [-0.3, -0.25) is 4.21 Å². The number of ether oxygens (including phenoxy) is 1. The molecular weight excluding hydrogens is 334 g/mol. The number of aliphatic hydroxyl groups excluding tert-OH is 1. The highest BCUT2D eigenvalue weighted by molar-refractivity contribution is 7.85. The van der Waals surface area contributed by atoms with Gasteiger partial charge in [-0.05, 0) is 36.4 Å². The Morgan fingerprint density at radius 2 is 1.83 bits per heavy atom. The van der Waals surface area contributed by atoms with E-state index in [0.29, 0.717) is 23.9 Å². The van der Waals surface area contributed by atoms with Crippen molar-refractivity contribution in [2.75, 3.05) is 25.4 Å². The highest BCUT2D eigenvalue weighted by Crippen LogP contribution is 2.12. The Bertz CT molecular complexity index is 607. The third-order valence-electron chi connectivity index (χ3n) is 3.11. The summed E-state index contributed by atoms with van der Waals surface area (Å²) in [6.45, 7) is 1.17. The summed E-state index contributed by atoms with van der Waals surface area (Å²) >= 11 is 5.80. The average molecular weight is 354 g/mol. The van der Waals surface area contributed by atoms with Crippen LogP contribution < -0.4 is 10.1 Å². The molecule has 0 amide bonds. The van der Waals surface area contributed by atoms with Gasteiger partial charge in [0.2, 0.25) is 0 Å². The van der Waals surface area contributed by atoms with E-state index < -0.39 is 16.9 Å². The number of rotatable bonds is 9. The molecule has 0 bridgehead atoms. The van der Waals surface area contributed by atoms with Gasteiger partial charge in [0.25, 0.3) is 0 Å². The zero-order valence-electron chi connectivity index (χ0n) is 12.7. The predicted octanol–water partition coefficient (Wildman–Crippen LogP) is 2.48. The Balaban J connectivity index is 1.61. The molecule has 6 heteroatoms. The number of hydrogen-bond acceptors (Lipinski definition) is 4. The van der Waals surface area contributed by atoms with Crippen LogP contribution in [0, 0.1) is 0 Å². The van der Waals surface area contributed by atoms with Gasteiger partial charge in [0.05, 0.1) is 10.8 Å². The molecule has 0 aliphatic rings. The van der Waals surface area contributed by atoms with E-state index in [-0.39, 0.29) is 6.61 Å². The molecule has 0 saturated carbocycles. The minimum Gasteiger partial charge on any atom is -0.491 e. The van der Waals surface area contributed by atoms with E-state index >= 15 is 0 Å². The molecule has 2 aromatic rings. The topological polar surface area (TPSA) is 58.6 Å². The first kappa shape index (κ1) is 17.9. The molecule has 0 unspecified atom stereocenters. The number of halogens is 1. The van der Waals surface area contributed by atoms with Gasteiger partial charge >= 0.3 is 0 Å². The second-order valence-corrected chi connectivity index (χ2v) is 6.99. The number of hydrogen-bond donors (Lipinski definition) is 2. The van der Waals surface area contributed by atoms with E-state index in [1.165, 1.54) is 0 Å². The molecule has 4 nitrogen and oxygen atoms in total. The lowest BCUT2D eigenvalue weighted by Crippen LogP contribution is -2.33. The molecule has 2 aromatic carbocycles. The number of nitrogens with one attached hydrogen (secondary N) is 1. The van der Waals surface area contributed by atoms with E-state index in [2.05, 4.69) is 5.32 Å². The Morgan fingerprint density at radius 1 is 1.13 bits per heavy atom. The fourth-order valence-electron chi connectivity index (χ4n) is 1.91. The van der Waals surface area contributed by atoms with Crippen LogP contribution in [0.1, 0.15) is 0 Å². The summed E-state index contributed by atoms with van der Waals surface area (Å²) in [5.74, 6) is 1.21. The Labute approximate surface area is 143 Å². The molecule has 2 rings (SSSR count). The lowest BCUT2D eigenvalue weighted by Gasteiger charge is -2.13. The molecule has 0 heterocycles. The van der Waals surface area contributed by atoms with Crippen molar-refractivity contribution in [2.45, 2.75) is 11.0 Å². The van der Waals surface area contributed by atoms with Crippen molar-refractivity contribution in [1.82, 2.24) is 5.32 Å². The largest absolute Gasteiger partial charge is 0.491 e. The van der Waals surface area contributed by atoms with Gasteiger partial charge in [0.1, 0.15) is 18.5 Å². The van der Waals surface area contributed by atoms with E-state index in [4.69, 9.17) is 16.3 Å². The second kappa shape index (κ2) is 9.67.